The minimum absolute atomic E-state index is 0.613. The fourth-order valence-corrected chi connectivity index (χ4v) is 1.53. The zero-order valence-electron chi connectivity index (χ0n) is 9.34. The van der Waals surface area contributed by atoms with Crippen molar-refractivity contribution in [2.75, 3.05) is 13.2 Å². The average Bonchev–Trinajstić information content (AvgIpc) is 2.12. The highest BCUT2D eigenvalue weighted by Gasteiger charge is 1.99. The standard InChI is InChI=1S/C10H21NOS2/c1-4-5-7-11-14-10(13)12-8-6-9(2)3/h9,11H,4-8H2,1-3H3. The van der Waals surface area contributed by atoms with E-state index in [1.54, 1.807) is 0 Å². The van der Waals surface area contributed by atoms with Crippen molar-refractivity contribution in [3.8, 4) is 0 Å². The fourth-order valence-electron chi connectivity index (χ4n) is 0.766. The van der Waals surface area contributed by atoms with Gasteiger partial charge in [0.1, 0.15) is 0 Å². The molecule has 4 heteroatoms. The van der Waals surface area contributed by atoms with E-state index in [-0.39, 0.29) is 0 Å². The van der Waals surface area contributed by atoms with Crippen LogP contribution in [0.2, 0.25) is 0 Å². The second-order valence-corrected chi connectivity index (χ2v) is 5.12. The van der Waals surface area contributed by atoms with Crippen LogP contribution in [0.3, 0.4) is 0 Å². The van der Waals surface area contributed by atoms with Crippen molar-refractivity contribution >= 4 is 28.5 Å². The van der Waals surface area contributed by atoms with Gasteiger partial charge in [0.2, 0.25) is 4.38 Å². The van der Waals surface area contributed by atoms with Gasteiger partial charge >= 0.3 is 0 Å². The fraction of sp³-hybridized carbons (Fsp3) is 0.900. The third-order valence-electron chi connectivity index (χ3n) is 1.70. The van der Waals surface area contributed by atoms with E-state index in [0.29, 0.717) is 10.3 Å². The molecule has 0 aromatic heterocycles. The molecule has 84 valence electrons. The van der Waals surface area contributed by atoms with E-state index in [1.165, 1.54) is 24.8 Å². The van der Waals surface area contributed by atoms with Crippen LogP contribution in [0.1, 0.15) is 40.0 Å². The molecule has 0 aliphatic rings. The molecule has 0 aromatic carbocycles. The van der Waals surface area contributed by atoms with Crippen molar-refractivity contribution in [3.63, 3.8) is 0 Å². The van der Waals surface area contributed by atoms with E-state index in [1.807, 2.05) is 0 Å². The second-order valence-electron chi connectivity index (χ2n) is 3.63. The molecule has 0 fully saturated rings. The quantitative estimate of drug-likeness (QED) is 0.415. The summed E-state index contributed by atoms with van der Waals surface area (Å²) in [6.45, 7) is 8.26. The highest BCUT2D eigenvalue weighted by Crippen LogP contribution is 2.05. The summed E-state index contributed by atoms with van der Waals surface area (Å²) < 4.78 is 9.15. The van der Waals surface area contributed by atoms with E-state index < -0.39 is 0 Å². The van der Waals surface area contributed by atoms with Gasteiger partial charge in [-0.3, -0.25) is 4.72 Å². The summed E-state index contributed by atoms with van der Waals surface area (Å²) >= 11 is 6.46. The van der Waals surface area contributed by atoms with Crippen LogP contribution in [0, 0.1) is 5.92 Å². The van der Waals surface area contributed by atoms with Gasteiger partial charge in [0.25, 0.3) is 0 Å². The summed E-state index contributed by atoms with van der Waals surface area (Å²) in [5, 5.41) is 0. The van der Waals surface area contributed by atoms with Crippen molar-refractivity contribution in [2.45, 2.75) is 40.0 Å². The summed E-state index contributed by atoms with van der Waals surface area (Å²) in [6.07, 6.45) is 3.45. The van der Waals surface area contributed by atoms with Crippen molar-refractivity contribution in [1.29, 1.82) is 0 Å². The van der Waals surface area contributed by atoms with Crippen LogP contribution in [-0.2, 0) is 4.74 Å². The Kier molecular flexibility index (Phi) is 9.88. The van der Waals surface area contributed by atoms with Gasteiger partial charge in [0, 0.05) is 18.5 Å². The van der Waals surface area contributed by atoms with Crippen LogP contribution >= 0.6 is 24.2 Å². The Labute approximate surface area is 97.3 Å². The van der Waals surface area contributed by atoms with Gasteiger partial charge in [0.05, 0.1) is 6.61 Å². The van der Waals surface area contributed by atoms with Crippen molar-refractivity contribution in [3.05, 3.63) is 0 Å². The topological polar surface area (TPSA) is 21.3 Å². The van der Waals surface area contributed by atoms with Crippen LogP contribution < -0.4 is 4.72 Å². The molecule has 0 heterocycles. The molecule has 0 saturated carbocycles. The predicted molar refractivity (Wildman–Crippen MR) is 68.5 cm³/mol. The smallest absolute Gasteiger partial charge is 0.235 e. The number of hydrogen-bond donors (Lipinski definition) is 1. The van der Waals surface area contributed by atoms with E-state index in [4.69, 9.17) is 17.0 Å². The molecule has 0 aromatic rings. The summed E-state index contributed by atoms with van der Waals surface area (Å²) in [6, 6.07) is 0. The molecule has 0 radical (unpaired) electrons. The van der Waals surface area contributed by atoms with E-state index in [2.05, 4.69) is 25.5 Å². The second kappa shape index (κ2) is 9.74. The Morgan fingerprint density at radius 3 is 2.79 bits per heavy atom. The maximum Gasteiger partial charge on any atom is 0.235 e. The first-order valence-electron chi connectivity index (χ1n) is 5.23. The van der Waals surface area contributed by atoms with Crippen LogP contribution in [0.5, 0.6) is 0 Å². The number of rotatable bonds is 7. The largest absolute Gasteiger partial charge is 0.478 e. The molecule has 0 atom stereocenters. The van der Waals surface area contributed by atoms with Crippen LogP contribution in [0.15, 0.2) is 0 Å². The van der Waals surface area contributed by atoms with Gasteiger partial charge in [0.15, 0.2) is 0 Å². The molecule has 14 heavy (non-hydrogen) atoms. The summed E-state index contributed by atoms with van der Waals surface area (Å²) in [4.78, 5) is 0. The first kappa shape index (κ1) is 14.2. The lowest BCUT2D eigenvalue weighted by atomic mass is 10.1. The average molecular weight is 235 g/mol. The lowest BCUT2D eigenvalue weighted by Gasteiger charge is -2.08. The number of hydrogen-bond acceptors (Lipinski definition) is 4. The monoisotopic (exact) mass is 235 g/mol. The number of unbranched alkanes of at least 4 members (excludes halogenated alkanes) is 1. The van der Waals surface area contributed by atoms with Gasteiger partial charge < -0.3 is 4.74 Å². The first-order valence-corrected chi connectivity index (χ1v) is 6.45. The molecule has 0 aliphatic carbocycles. The number of nitrogens with one attached hydrogen (secondary N) is 1. The Morgan fingerprint density at radius 1 is 1.50 bits per heavy atom. The SMILES string of the molecule is CCCCNSC(=S)OCCC(C)C. The van der Waals surface area contributed by atoms with E-state index >= 15 is 0 Å². The van der Waals surface area contributed by atoms with Crippen LogP contribution in [-0.4, -0.2) is 17.5 Å². The van der Waals surface area contributed by atoms with Gasteiger partial charge in [-0.1, -0.05) is 27.2 Å². The summed E-state index contributed by atoms with van der Waals surface area (Å²) in [7, 11) is 0. The van der Waals surface area contributed by atoms with Gasteiger partial charge in [-0.05, 0) is 31.0 Å². The molecular weight excluding hydrogens is 214 g/mol. The Hall–Kier alpha value is 0.200. The molecule has 0 spiro atoms. The molecular formula is C10H21NOS2. The highest BCUT2D eigenvalue weighted by molar-refractivity contribution is 8.21. The van der Waals surface area contributed by atoms with Crippen molar-refractivity contribution < 1.29 is 4.74 Å². The number of thiocarbonyl (C=S) groups is 1. The van der Waals surface area contributed by atoms with E-state index in [9.17, 15) is 0 Å². The molecule has 0 amide bonds. The van der Waals surface area contributed by atoms with E-state index in [0.717, 1.165) is 19.6 Å². The zero-order valence-corrected chi connectivity index (χ0v) is 11.0. The Balaban J connectivity index is 3.20. The van der Waals surface area contributed by atoms with Gasteiger partial charge in [-0.25, -0.2) is 0 Å². The van der Waals surface area contributed by atoms with Crippen molar-refractivity contribution in [1.82, 2.24) is 4.72 Å². The molecule has 0 bridgehead atoms. The minimum Gasteiger partial charge on any atom is -0.478 e. The maximum absolute atomic E-state index is 5.36. The third kappa shape index (κ3) is 10.3. The van der Waals surface area contributed by atoms with Crippen LogP contribution in [0.25, 0.3) is 0 Å². The Bertz CT molecular complexity index is 151. The lowest BCUT2D eigenvalue weighted by Crippen LogP contribution is -2.11. The van der Waals surface area contributed by atoms with Gasteiger partial charge in [-0.15, -0.1) is 0 Å². The lowest BCUT2D eigenvalue weighted by molar-refractivity contribution is 0.292. The van der Waals surface area contributed by atoms with Crippen molar-refractivity contribution in [2.24, 2.45) is 5.92 Å². The molecule has 0 unspecified atom stereocenters. The molecule has 0 saturated heterocycles. The summed E-state index contributed by atoms with van der Waals surface area (Å²) in [5.74, 6) is 0.677. The molecule has 1 N–H and O–H groups in total. The maximum atomic E-state index is 5.36. The molecule has 2 nitrogen and oxygen atoms in total. The predicted octanol–water partition coefficient (Wildman–Crippen LogP) is 3.37. The first-order chi connectivity index (χ1) is 6.66. The molecule has 0 aliphatic heterocycles. The van der Waals surface area contributed by atoms with Crippen LogP contribution in [0.4, 0.5) is 0 Å². The third-order valence-corrected chi connectivity index (χ3v) is 2.70. The Morgan fingerprint density at radius 2 is 2.21 bits per heavy atom. The molecule has 0 rings (SSSR count). The summed E-state index contributed by atoms with van der Waals surface area (Å²) in [5.41, 5.74) is 0. The normalized spacial score (nSPS) is 10.6. The van der Waals surface area contributed by atoms with Gasteiger partial charge in [-0.2, -0.15) is 0 Å². The minimum atomic E-state index is 0.613. The number of ether oxygens (including phenoxy) is 1. The highest BCUT2D eigenvalue weighted by atomic mass is 32.2. The zero-order chi connectivity index (χ0) is 10.8.